The lowest BCUT2D eigenvalue weighted by Crippen LogP contribution is -2.47. The summed E-state index contributed by atoms with van der Waals surface area (Å²) in [5.41, 5.74) is -0.898. The van der Waals surface area contributed by atoms with Crippen LogP contribution in [0.25, 0.3) is 0 Å². The minimum Gasteiger partial charge on any atom is -0.301 e. The van der Waals surface area contributed by atoms with Crippen LogP contribution in [0, 0.1) is 0 Å². The molecule has 0 aliphatic carbocycles. The van der Waals surface area contributed by atoms with Crippen LogP contribution in [0.5, 0.6) is 0 Å². The molecule has 1 saturated heterocycles. The third kappa shape index (κ3) is 9.20. The molecule has 2 aromatic rings. The molecule has 0 unspecified atom stereocenters. The molecule has 2 N–H and O–H groups in total. The van der Waals surface area contributed by atoms with Crippen molar-refractivity contribution in [3.63, 3.8) is 0 Å². The van der Waals surface area contributed by atoms with Crippen LogP contribution < -0.4 is 9.44 Å². The van der Waals surface area contributed by atoms with Gasteiger partial charge in [-0.1, -0.05) is 11.6 Å². The topological polar surface area (TPSA) is 98.8 Å². The van der Waals surface area contributed by atoms with Crippen LogP contribution in [0.15, 0.2) is 58.3 Å². The van der Waals surface area contributed by atoms with Gasteiger partial charge in [-0.25, -0.2) is 26.3 Å². The highest BCUT2D eigenvalue weighted by atomic mass is 35.5. The van der Waals surface area contributed by atoms with Crippen LogP contribution in [0.3, 0.4) is 0 Å². The number of hydrogen-bond donors (Lipinski definition) is 2. The molecule has 0 saturated carbocycles. The molecule has 0 amide bonds. The first-order chi connectivity index (χ1) is 17.4. The van der Waals surface area contributed by atoms with E-state index in [1.807, 2.05) is 0 Å². The zero-order chi connectivity index (χ0) is 27.1. The maximum Gasteiger partial charge on any atom is 0.416 e. The van der Waals surface area contributed by atoms with E-state index in [-0.39, 0.29) is 16.3 Å². The van der Waals surface area contributed by atoms with Gasteiger partial charge < -0.3 is 9.80 Å². The summed E-state index contributed by atoms with van der Waals surface area (Å²) in [5.74, 6) is 0. The molecule has 0 atom stereocenters. The fourth-order valence-electron chi connectivity index (χ4n) is 3.86. The highest BCUT2D eigenvalue weighted by Crippen LogP contribution is 2.29. The predicted octanol–water partition coefficient (Wildman–Crippen LogP) is 3.01. The average Bonchev–Trinajstić information content (AvgIpc) is 2.85. The van der Waals surface area contributed by atoms with Crippen LogP contribution >= 0.6 is 11.6 Å². The zero-order valence-electron chi connectivity index (χ0n) is 20.0. The molecule has 0 aromatic heterocycles. The van der Waals surface area contributed by atoms with Crippen LogP contribution in [-0.2, 0) is 26.2 Å². The summed E-state index contributed by atoms with van der Waals surface area (Å²) in [4.78, 5) is 4.43. The van der Waals surface area contributed by atoms with E-state index < -0.39 is 31.8 Å². The minimum absolute atomic E-state index is 0.173. The smallest absolute Gasteiger partial charge is 0.301 e. The molecule has 3 rings (SSSR count). The second kappa shape index (κ2) is 12.9. The molecule has 37 heavy (non-hydrogen) atoms. The maximum atomic E-state index is 12.7. The van der Waals surface area contributed by atoms with Gasteiger partial charge in [-0.2, -0.15) is 13.2 Å². The molecule has 206 valence electrons. The molecule has 2 aromatic carbocycles. The van der Waals surface area contributed by atoms with E-state index in [9.17, 15) is 30.0 Å². The summed E-state index contributed by atoms with van der Waals surface area (Å²) in [7, 11) is -7.44. The Morgan fingerprint density at radius 3 is 1.46 bits per heavy atom. The molecule has 14 heteroatoms. The monoisotopic (exact) mass is 582 g/mol. The van der Waals surface area contributed by atoms with Crippen molar-refractivity contribution in [3.05, 3.63) is 59.1 Å². The number of benzene rings is 2. The van der Waals surface area contributed by atoms with Gasteiger partial charge in [0.15, 0.2) is 0 Å². The van der Waals surface area contributed by atoms with Crippen molar-refractivity contribution in [2.45, 2.75) is 28.8 Å². The molecule has 8 nitrogen and oxygen atoms in total. The van der Waals surface area contributed by atoms with Gasteiger partial charge in [0.25, 0.3) is 0 Å². The first-order valence-electron chi connectivity index (χ1n) is 11.7. The highest BCUT2D eigenvalue weighted by Gasteiger charge is 2.30. The van der Waals surface area contributed by atoms with Gasteiger partial charge >= 0.3 is 6.18 Å². The van der Waals surface area contributed by atoms with E-state index in [1.165, 1.54) is 24.3 Å². The van der Waals surface area contributed by atoms with Crippen molar-refractivity contribution in [3.8, 4) is 0 Å². The molecule has 0 bridgehead atoms. The van der Waals surface area contributed by atoms with Crippen molar-refractivity contribution in [1.29, 1.82) is 0 Å². The normalized spacial score (nSPS) is 16.2. The summed E-state index contributed by atoms with van der Waals surface area (Å²) in [6.45, 7) is 5.20. The summed E-state index contributed by atoms with van der Waals surface area (Å²) in [5, 5.41) is 0.470. The predicted molar refractivity (Wildman–Crippen MR) is 135 cm³/mol. The Morgan fingerprint density at radius 1 is 0.703 bits per heavy atom. The van der Waals surface area contributed by atoms with Gasteiger partial charge in [0, 0.05) is 44.3 Å². The number of alkyl halides is 3. The van der Waals surface area contributed by atoms with Gasteiger partial charge in [-0.05, 0) is 74.5 Å². The zero-order valence-corrected chi connectivity index (χ0v) is 22.4. The Hall–Kier alpha value is -1.74. The second-order valence-corrected chi connectivity index (χ2v) is 12.6. The molecule has 1 aliphatic heterocycles. The van der Waals surface area contributed by atoms with Crippen LogP contribution in [0.1, 0.15) is 18.4 Å². The lowest BCUT2D eigenvalue weighted by atomic mass is 10.2. The summed E-state index contributed by atoms with van der Waals surface area (Å²) < 4.78 is 92.2. The first kappa shape index (κ1) is 29.8. The lowest BCUT2D eigenvalue weighted by Gasteiger charge is -2.34. The number of nitrogens with zero attached hydrogens (tertiary/aromatic N) is 2. The second-order valence-electron chi connectivity index (χ2n) is 8.66. The molecule has 1 fully saturated rings. The number of hydrogen-bond acceptors (Lipinski definition) is 6. The number of halogens is 4. The van der Waals surface area contributed by atoms with Crippen LogP contribution in [0.4, 0.5) is 13.2 Å². The minimum atomic E-state index is -4.52. The Labute approximate surface area is 220 Å². The van der Waals surface area contributed by atoms with Gasteiger partial charge in [-0.3, -0.25) is 0 Å². The van der Waals surface area contributed by atoms with E-state index >= 15 is 0 Å². The highest BCUT2D eigenvalue weighted by molar-refractivity contribution is 7.89. The molecular weight excluding hydrogens is 553 g/mol. The number of rotatable bonds is 12. The standard InChI is InChI=1S/C23H30ClF3N4O4S2/c24-20-5-9-22(10-6-20)37(34,35)29-12-2-14-31-17-15-30(16-18-31)13-1-11-28-36(32,33)21-7-3-19(4-8-21)23(25,26)27/h3-10,28-29H,1-2,11-18H2. The van der Waals surface area contributed by atoms with Crippen molar-refractivity contribution < 1.29 is 30.0 Å². The summed E-state index contributed by atoms with van der Waals surface area (Å²) in [6.07, 6.45) is -3.29. The fraction of sp³-hybridized carbons (Fsp3) is 0.478. The van der Waals surface area contributed by atoms with E-state index in [2.05, 4.69) is 19.2 Å². The Kier molecular flexibility index (Phi) is 10.4. The molecule has 1 aliphatic rings. The van der Waals surface area contributed by atoms with E-state index in [0.717, 1.165) is 57.0 Å². The maximum absolute atomic E-state index is 12.7. The number of nitrogens with one attached hydrogen (secondary N) is 2. The summed E-state index contributed by atoms with van der Waals surface area (Å²) >= 11 is 5.80. The fourth-order valence-corrected chi connectivity index (χ4v) is 6.13. The molecule has 1 heterocycles. The molecule has 0 radical (unpaired) electrons. The number of sulfonamides is 2. The third-order valence-electron chi connectivity index (χ3n) is 5.97. The SMILES string of the molecule is O=S(=O)(NCCCN1CCN(CCCNS(=O)(=O)c2ccc(C(F)(F)F)cc2)CC1)c1ccc(Cl)cc1. The number of piperazine rings is 1. The van der Waals surface area contributed by atoms with Crippen molar-refractivity contribution in [2.24, 2.45) is 0 Å². The van der Waals surface area contributed by atoms with Crippen molar-refractivity contribution >= 4 is 31.6 Å². The van der Waals surface area contributed by atoms with Crippen molar-refractivity contribution in [1.82, 2.24) is 19.2 Å². The molecule has 0 spiro atoms. The van der Waals surface area contributed by atoms with Crippen molar-refractivity contribution in [2.75, 3.05) is 52.4 Å². The first-order valence-corrected chi connectivity index (χ1v) is 15.1. The largest absolute Gasteiger partial charge is 0.416 e. The van der Waals surface area contributed by atoms with Gasteiger partial charge in [0.1, 0.15) is 0 Å². The third-order valence-corrected chi connectivity index (χ3v) is 9.17. The summed E-state index contributed by atoms with van der Waals surface area (Å²) in [6, 6.07) is 9.40. The van der Waals surface area contributed by atoms with E-state index in [1.54, 1.807) is 0 Å². The van der Waals surface area contributed by atoms with Crippen LogP contribution in [0.2, 0.25) is 5.02 Å². The van der Waals surface area contributed by atoms with Gasteiger partial charge in [0.2, 0.25) is 20.0 Å². The Bertz CT molecular complexity index is 1220. The van der Waals surface area contributed by atoms with Gasteiger partial charge in [-0.15, -0.1) is 0 Å². The van der Waals surface area contributed by atoms with E-state index in [4.69, 9.17) is 11.6 Å². The lowest BCUT2D eigenvalue weighted by molar-refractivity contribution is -0.137. The van der Waals surface area contributed by atoms with Gasteiger partial charge in [0.05, 0.1) is 15.4 Å². The van der Waals surface area contributed by atoms with E-state index in [0.29, 0.717) is 31.0 Å². The average molecular weight is 583 g/mol. The molecular formula is C23H30ClF3N4O4S2. The Balaban J connectivity index is 1.30. The Morgan fingerprint density at radius 2 is 1.08 bits per heavy atom. The quantitative estimate of drug-likeness (QED) is 0.373. The van der Waals surface area contributed by atoms with Crippen LogP contribution in [-0.4, -0.2) is 79.0 Å².